The van der Waals surface area contributed by atoms with E-state index in [1.807, 2.05) is 0 Å². The van der Waals surface area contributed by atoms with Crippen LogP contribution in [-0.2, 0) is 4.79 Å². The minimum atomic E-state index is -0.582. The normalized spacial score (nSPS) is 12.8. The van der Waals surface area contributed by atoms with Gasteiger partial charge in [-0.3, -0.25) is 9.59 Å². The lowest BCUT2D eigenvalue weighted by Crippen LogP contribution is -2.05. The molecule has 0 fully saturated rings. The molecule has 0 saturated heterocycles. The summed E-state index contributed by atoms with van der Waals surface area (Å²) in [6, 6.07) is 18.5. The summed E-state index contributed by atoms with van der Waals surface area (Å²) < 4.78 is 10.7. The molecule has 4 rings (SSSR count). The first-order valence-corrected chi connectivity index (χ1v) is 10.1. The van der Waals surface area contributed by atoms with Gasteiger partial charge >= 0.3 is 5.97 Å². The topological polar surface area (TPSA) is 69.7 Å². The number of benzene rings is 3. The molecule has 6 heteroatoms. The van der Waals surface area contributed by atoms with Crippen LogP contribution in [0, 0.1) is 0 Å². The Balaban J connectivity index is 1.53. The fourth-order valence-electron chi connectivity index (χ4n) is 3.31. The zero-order valence-corrected chi connectivity index (χ0v) is 17.8. The second-order valence-corrected chi connectivity index (χ2v) is 7.41. The lowest BCUT2D eigenvalue weighted by Gasteiger charge is -2.09. The fraction of sp³-hybridized carbons (Fsp3) is 0.0385. The van der Waals surface area contributed by atoms with Crippen LogP contribution in [0.2, 0.25) is 5.02 Å². The van der Waals surface area contributed by atoms with E-state index in [4.69, 9.17) is 21.1 Å². The lowest BCUT2D eigenvalue weighted by atomic mass is 10.1. The van der Waals surface area contributed by atoms with Crippen LogP contribution in [-0.4, -0.2) is 24.6 Å². The number of halogens is 1. The molecule has 1 aliphatic carbocycles. The van der Waals surface area contributed by atoms with Crippen LogP contribution in [0.15, 0.2) is 78.4 Å². The number of fused-ring (bicyclic) bond motifs is 1. The number of allylic oxidation sites excluding steroid dienone is 1. The Hall–Kier alpha value is -3.96. The molecule has 0 N–H and O–H groups in total. The molecule has 0 bridgehead atoms. The molecule has 1 aliphatic rings. The van der Waals surface area contributed by atoms with Crippen molar-refractivity contribution < 1.29 is 23.9 Å². The maximum absolute atomic E-state index is 12.6. The number of methoxy groups -OCH3 is 1. The van der Waals surface area contributed by atoms with E-state index in [9.17, 15) is 14.4 Å². The monoisotopic (exact) mass is 444 g/mol. The van der Waals surface area contributed by atoms with Gasteiger partial charge in [0.25, 0.3) is 0 Å². The van der Waals surface area contributed by atoms with Crippen molar-refractivity contribution in [1.29, 1.82) is 0 Å². The molecule has 3 aromatic carbocycles. The van der Waals surface area contributed by atoms with E-state index in [0.29, 0.717) is 27.5 Å². The summed E-state index contributed by atoms with van der Waals surface area (Å²) in [4.78, 5) is 37.4. The summed E-state index contributed by atoms with van der Waals surface area (Å²) in [5, 5.41) is 0.606. The van der Waals surface area contributed by atoms with Crippen molar-refractivity contribution in [1.82, 2.24) is 0 Å². The van der Waals surface area contributed by atoms with E-state index in [-0.39, 0.29) is 22.9 Å². The van der Waals surface area contributed by atoms with Crippen molar-refractivity contribution in [3.8, 4) is 11.5 Å². The van der Waals surface area contributed by atoms with Crippen molar-refractivity contribution in [2.24, 2.45) is 0 Å². The number of hydrogen-bond donors (Lipinski definition) is 0. The molecule has 0 heterocycles. The van der Waals surface area contributed by atoms with Crippen molar-refractivity contribution in [3.63, 3.8) is 0 Å². The van der Waals surface area contributed by atoms with Crippen LogP contribution in [0.3, 0.4) is 0 Å². The Morgan fingerprint density at radius 3 is 2.09 bits per heavy atom. The van der Waals surface area contributed by atoms with E-state index >= 15 is 0 Å². The minimum absolute atomic E-state index is 0.0869. The minimum Gasteiger partial charge on any atom is -0.493 e. The second kappa shape index (κ2) is 9.04. The number of carbonyl (C=O) groups is 3. The van der Waals surface area contributed by atoms with Gasteiger partial charge in [0, 0.05) is 22.2 Å². The maximum atomic E-state index is 12.6. The van der Waals surface area contributed by atoms with Gasteiger partial charge < -0.3 is 9.47 Å². The SMILES string of the molecule is COc1cc(C=C2C(=O)c3ccccc3C2=O)ccc1OC(=O)/C=C/c1ccc(Cl)cc1. The lowest BCUT2D eigenvalue weighted by molar-refractivity contribution is -0.129. The van der Waals surface area contributed by atoms with Gasteiger partial charge in [0.1, 0.15) is 0 Å². The van der Waals surface area contributed by atoms with Crippen LogP contribution in [0.25, 0.3) is 12.2 Å². The molecule has 0 atom stereocenters. The van der Waals surface area contributed by atoms with E-state index in [2.05, 4.69) is 0 Å². The molecule has 0 amide bonds. The van der Waals surface area contributed by atoms with Gasteiger partial charge in [-0.1, -0.05) is 54.1 Å². The third-order valence-electron chi connectivity index (χ3n) is 4.90. The standard InChI is InChI=1S/C26H17ClO5/c1-31-23-15-17(14-21-25(29)19-4-2-3-5-20(19)26(21)30)8-12-22(23)32-24(28)13-9-16-6-10-18(27)11-7-16/h2-15H,1H3/b13-9+. The third-order valence-corrected chi connectivity index (χ3v) is 5.15. The van der Waals surface area contributed by atoms with E-state index < -0.39 is 5.97 Å². The molecule has 0 radical (unpaired) electrons. The molecule has 0 unspecified atom stereocenters. The molecule has 32 heavy (non-hydrogen) atoms. The van der Waals surface area contributed by atoms with Crippen LogP contribution in [0.5, 0.6) is 11.5 Å². The Bertz CT molecular complexity index is 1250. The Kier molecular flexibility index (Phi) is 6.01. The van der Waals surface area contributed by atoms with Gasteiger partial charge in [-0.15, -0.1) is 0 Å². The molecule has 0 aliphatic heterocycles. The van der Waals surface area contributed by atoms with Crippen molar-refractivity contribution in [2.45, 2.75) is 0 Å². The summed E-state index contributed by atoms with van der Waals surface area (Å²) in [6.45, 7) is 0. The van der Waals surface area contributed by atoms with Gasteiger partial charge in [-0.25, -0.2) is 4.79 Å². The average molecular weight is 445 g/mol. The molecular weight excluding hydrogens is 428 g/mol. The highest BCUT2D eigenvalue weighted by atomic mass is 35.5. The predicted octanol–water partition coefficient (Wildman–Crippen LogP) is 5.43. The first-order chi connectivity index (χ1) is 15.5. The van der Waals surface area contributed by atoms with E-state index in [1.54, 1.807) is 72.8 Å². The number of carbonyl (C=O) groups excluding carboxylic acids is 3. The highest BCUT2D eigenvalue weighted by Gasteiger charge is 2.32. The van der Waals surface area contributed by atoms with E-state index in [0.717, 1.165) is 5.56 Å². The molecule has 158 valence electrons. The van der Waals surface area contributed by atoms with Gasteiger partial charge in [-0.2, -0.15) is 0 Å². The number of hydrogen-bond acceptors (Lipinski definition) is 5. The second-order valence-electron chi connectivity index (χ2n) is 6.98. The Labute approximate surface area is 189 Å². The molecule has 0 saturated carbocycles. The van der Waals surface area contributed by atoms with Crippen molar-refractivity contribution in [3.05, 3.63) is 106 Å². The average Bonchev–Trinajstić information content (AvgIpc) is 3.04. The van der Waals surface area contributed by atoms with Gasteiger partial charge in [-0.05, 0) is 47.5 Å². The van der Waals surface area contributed by atoms with Gasteiger partial charge in [0.05, 0.1) is 12.7 Å². The van der Waals surface area contributed by atoms with Gasteiger partial charge in [0.15, 0.2) is 23.1 Å². The van der Waals surface area contributed by atoms with Crippen LogP contribution < -0.4 is 9.47 Å². The maximum Gasteiger partial charge on any atom is 0.336 e. The first-order valence-electron chi connectivity index (χ1n) is 9.70. The van der Waals surface area contributed by atoms with Crippen molar-refractivity contribution in [2.75, 3.05) is 7.11 Å². The highest BCUT2D eigenvalue weighted by molar-refractivity contribution is 6.41. The van der Waals surface area contributed by atoms with Crippen LogP contribution in [0.1, 0.15) is 31.8 Å². The van der Waals surface area contributed by atoms with Crippen LogP contribution >= 0.6 is 11.6 Å². The number of ether oxygens (including phenoxy) is 2. The van der Waals surface area contributed by atoms with Crippen LogP contribution in [0.4, 0.5) is 0 Å². The summed E-state index contributed by atoms with van der Waals surface area (Å²) >= 11 is 5.85. The first kappa shape index (κ1) is 21.3. The molecular formula is C26H17ClO5. The van der Waals surface area contributed by atoms with E-state index in [1.165, 1.54) is 19.3 Å². The molecule has 3 aromatic rings. The Morgan fingerprint density at radius 2 is 1.47 bits per heavy atom. The third kappa shape index (κ3) is 4.38. The number of ketones is 2. The molecule has 5 nitrogen and oxygen atoms in total. The smallest absolute Gasteiger partial charge is 0.336 e. The summed E-state index contributed by atoms with van der Waals surface area (Å²) in [6.07, 6.45) is 4.42. The Morgan fingerprint density at radius 1 is 0.844 bits per heavy atom. The van der Waals surface area contributed by atoms with Gasteiger partial charge in [0.2, 0.25) is 0 Å². The zero-order valence-electron chi connectivity index (χ0n) is 17.0. The number of rotatable bonds is 5. The summed E-state index contributed by atoms with van der Waals surface area (Å²) in [5.41, 5.74) is 2.25. The number of Topliss-reactive ketones (excluding diaryl/α,β-unsaturated/α-hetero) is 2. The zero-order chi connectivity index (χ0) is 22.7. The highest BCUT2D eigenvalue weighted by Crippen LogP contribution is 2.32. The summed E-state index contributed by atoms with van der Waals surface area (Å²) in [5.74, 6) is -0.698. The largest absolute Gasteiger partial charge is 0.493 e. The van der Waals surface area contributed by atoms with Crippen molar-refractivity contribution >= 4 is 41.3 Å². The molecule has 0 spiro atoms. The molecule has 0 aromatic heterocycles. The fourth-order valence-corrected chi connectivity index (χ4v) is 3.43. The summed E-state index contributed by atoms with van der Waals surface area (Å²) in [7, 11) is 1.44. The predicted molar refractivity (Wildman–Crippen MR) is 122 cm³/mol. The quantitative estimate of drug-likeness (QED) is 0.227. The number of esters is 1.